The number of aromatic nitrogens is 3. The zero-order valence-corrected chi connectivity index (χ0v) is 19.1. The summed E-state index contributed by atoms with van der Waals surface area (Å²) in [5, 5.41) is 2.69. The Kier molecular flexibility index (Phi) is 7.50. The van der Waals surface area contributed by atoms with Gasteiger partial charge in [0.2, 0.25) is 17.8 Å². The highest BCUT2D eigenvalue weighted by molar-refractivity contribution is 5.79. The smallest absolute Gasteiger partial charge is 0.378 e. The number of benzene rings is 1. The number of rotatable bonds is 6. The fourth-order valence-electron chi connectivity index (χ4n) is 4.22. The van der Waals surface area contributed by atoms with Gasteiger partial charge in [0.1, 0.15) is 5.82 Å². The molecule has 0 radical (unpaired) electrons. The van der Waals surface area contributed by atoms with Gasteiger partial charge in [0.25, 0.3) is 0 Å². The average molecular weight is 479 g/mol. The molecule has 2 aliphatic rings. The van der Waals surface area contributed by atoms with Gasteiger partial charge in [-0.25, -0.2) is 0 Å². The Morgan fingerprint density at radius 2 is 1.65 bits per heavy atom. The molecule has 2 saturated heterocycles. The molecule has 1 aromatic heterocycles. The molecular weight excluding hydrogens is 449 g/mol. The van der Waals surface area contributed by atoms with Gasteiger partial charge in [0, 0.05) is 45.1 Å². The molecule has 1 N–H and O–H groups in total. The number of aryl methyl sites for hydroxylation is 1. The van der Waals surface area contributed by atoms with Crippen molar-refractivity contribution >= 4 is 17.8 Å². The van der Waals surface area contributed by atoms with Crippen molar-refractivity contribution in [2.75, 3.05) is 49.2 Å². The maximum absolute atomic E-state index is 13.2. The number of carbonyl (C=O) groups excluding carboxylic acids is 1. The van der Waals surface area contributed by atoms with E-state index in [1.54, 1.807) is 6.07 Å². The summed E-state index contributed by atoms with van der Waals surface area (Å²) in [4.78, 5) is 30.6. The van der Waals surface area contributed by atoms with Gasteiger partial charge >= 0.3 is 6.18 Å². The molecule has 8 nitrogen and oxygen atoms in total. The summed E-state index contributed by atoms with van der Waals surface area (Å²) in [6, 6.07) is 5.31. The summed E-state index contributed by atoms with van der Waals surface area (Å²) in [7, 11) is 0. The van der Waals surface area contributed by atoms with E-state index < -0.39 is 11.7 Å². The number of morpholine rings is 1. The number of nitrogens with one attached hydrogen (secondary N) is 1. The van der Waals surface area contributed by atoms with Crippen molar-refractivity contribution in [3.05, 3.63) is 41.2 Å². The first-order valence-corrected chi connectivity index (χ1v) is 11.6. The third-order valence-electron chi connectivity index (χ3n) is 6.19. The third kappa shape index (κ3) is 5.75. The molecule has 1 aromatic carbocycles. The van der Waals surface area contributed by atoms with Gasteiger partial charge in [-0.3, -0.25) is 4.79 Å². The second kappa shape index (κ2) is 10.5. The Labute approximate surface area is 196 Å². The molecule has 0 spiro atoms. The fourth-order valence-corrected chi connectivity index (χ4v) is 4.22. The third-order valence-corrected chi connectivity index (χ3v) is 6.19. The molecule has 4 rings (SSSR count). The zero-order chi connectivity index (χ0) is 24.1. The first-order chi connectivity index (χ1) is 16.3. The number of nitrogens with zero attached hydrogens (tertiary/aromatic N) is 5. The van der Waals surface area contributed by atoms with E-state index in [9.17, 15) is 18.0 Å². The average Bonchev–Trinajstić information content (AvgIpc) is 2.87. The minimum atomic E-state index is -4.45. The van der Waals surface area contributed by atoms with Gasteiger partial charge in [-0.2, -0.15) is 28.1 Å². The van der Waals surface area contributed by atoms with Crippen LogP contribution in [0.2, 0.25) is 0 Å². The number of anilines is 2. The largest absolute Gasteiger partial charge is 0.416 e. The van der Waals surface area contributed by atoms with Crippen LogP contribution in [0.25, 0.3) is 0 Å². The van der Waals surface area contributed by atoms with Crippen molar-refractivity contribution in [2.45, 2.75) is 38.9 Å². The van der Waals surface area contributed by atoms with Crippen molar-refractivity contribution in [1.82, 2.24) is 20.3 Å². The first-order valence-electron chi connectivity index (χ1n) is 11.6. The van der Waals surface area contributed by atoms with Gasteiger partial charge in [-0.15, -0.1) is 0 Å². The lowest BCUT2D eigenvalue weighted by atomic mass is 9.96. The van der Waals surface area contributed by atoms with Crippen molar-refractivity contribution in [1.29, 1.82) is 0 Å². The number of alkyl halides is 3. The molecule has 0 saturated carbocycles. The molecule has 184 valence electrons. The molecule has 0 aliphatic carbocycles. The van der Waals surface area contributed by atoms with E-state index in [1.807, 2.05) is 11.8 Å². The van der Waals surface area contributed by atoms with Crippen LogP contribution in [0.3, 0.4) is 0 Å². The Morgan fingerprint density at radius 1 is 1.03 bits per heavy atom. The van der Waals surface area contributed by atoms with E-state index in [1.165, 1.54) is 12.1 Å². The second-order valence-electron chi connectivity index (χ2n) is 8.44. The van der Waals surface area contributed by atoms with E-state index >= 15 is 0 Å². The molecule has 34 heavy (non-hydrogen) atoms. The van der Waals surface area contributed by atoms with Gasteiger partial charge in [0.15, 0.2) is 0 Å². The number of hydrogen-bond donors (Lipinski definition) is 1. The van der Waals surface area contributed by atoms with Crippen molar-refractivity contribution in [2.24, 2.45) is 5.92 Å². The van der Waals surface area contributed by atoms with Gasteiger partial charge < -0.3 is 19.9 Å². The Hall–Kier alpha value is -2.95. The highest BCUT2D eigenvalue weighted by Gasteiger charge is 2.33. The van der Waals surface area contributed by atoms with Crippen molar-refractivity contribution in [3.63, 3.8) is 0 Å². The van der Waals surface area contributed by atoms with Crippen LogP contribution >= 0.6 is 0 Å². The minimum Gasteiger partial charge on any atom is -0.378 e. The number of piperidine rings is 1. The summed E-state index contributed by atoms with van der Waals surface area (Å²) < 4.78 is 45.0. The molecule has 11 heteroatoms. The molecule has 1 amide bonds. The predicted octanol–water partition coefficient (Wildman–Crippen LogP) is 2.82. The number of hydrogen-bond acceptors (Lipinski definition) is 7. The minimum absolute atomic E-state index is 0.0636. The molecule has 2 aromatic rings. The Bertz CT molecular complexity index is 989. The predicted molar refractivity (Wildman–Crippen MR) is 120 cm³/mol. The number of carbonyl (C=O) groups is 1. The van der Waals surface area contributed by atoms with E-state index in [0.29, 0.717) is 57.5 Å². The first kappa shape index (κ1) is 24.2. The van der Waals surface area contributed by atoms with Crippen molar-refractivity contribution < 1.29 is 22.7 Å². The van der Waals surface area contributed by atoms with Crippen LogP contribution < -0.4 is 15.1 Å². The Balaban J connectivity index is 1.36. The molecule has 3 heterocycles. The highest BCUT2D eigenvalue weighted by atomic mass is 19.4. The van der Waals surface area contributed by atoms with Gasteiger partial charge in [-0.05, 0) is 24.5 Å². The Morgan fingerprint density at radius 3 is 2.26 bits per heavy atom. The van der Waals surface area contributed by atoms with Crippen LogP contribution in [-0.4, -0.2) is 60.3 Å². The number of ether oxygens (including phenoxy) is 1. The summed E-state index contributed by atoms with van der Waals surface area (Å²) in [5.41, 5.74) is -0.656. The summed E-state index contributed by atoms with van der Waals surface area (Å²) in [5.74, 6) is 1.48. The van der Waals surface area contributed by atoms with Crippen LogP contribution in [0.1, 0.15) is 36.7 Å². The molecule has 0 atom stereocenters. The quantitative estimate of drug-likeness (QED) is 0.684. The molecular formula is C23H29F3N6O2. The van der Waals surface area contributed by atoms with E-state index in [2.05, 4.69) is 25.2 Å². The second-order valence-corrected chi connectivity index (χ2v) is 8.44. The van der Waals surface area contributed by atoms with E-state index in [0.717, 1.165) is 25.0 Å². The van der Waals surface area contributed by atoms with Gasteiger partial charge in [0.05, 0.1) is 18.8 Å². The summed E-state index contributed by atoms with van der Waals surface area (Å²) in [6.07, 6.45) is -2.61. The highest BCUT2D eigenvalue weighted by Crippen LogP contribution is 2.32. The summed E-state index contributed by atoms with van der Waals surface area (Å²) >= 11 is 0. The van der Waals surface area contributed by atoms with E-state index in [4.69, 9.17) is 4.74 Å². The zero-order valence-electron chi connectivity index (χ0n) is 19.1. The van der Waals surface area contributed by atoms with Crippen LogP contribution in [-0.2, 0) is 28.7 Å². The molecule has 2 aliphatic heterocycles. The molecule has 0 unspecified atom stereocenters. The molecule has 2 fully saturated rings. The maximum Gasteiger partial charge on any atom is 0.416 e. The maximum atomic E-state index is 13.2. The van der Waals surface area contributed by atoms with Crippen molar-refractivity contribution in [3.8, 4) is 0 Å². The van der Waals surface area contributed by atoms with Crippen LogP contribution in [0.5, 0.6) is 0 Å². The van der Waals surface area contributed by atoms with E-state index in [-0.39, 0.29) is 23.9 Å². The normalized spacial score (nSPS) is 17.6. The number of halogens is 3. The lowest BCUT2D eigenvalue weighted by Gasteiger charge is -2.32. The fraction of sp³-hybridized carbons (Fsp3) is 0.565. The topological polar surface area (TPSA) is 83.5 Å². The molecule has 0 bridgehead atoms. The summed E-state index contributed by atoms with van der Waals surface area (Å²) in [6.45, 7) is 5.76. The monoisotopic (exact) mass is 478 g/mol. The van der Waals surface area contributed by atoms with Crippen LogP contribution in [0.4, 0.5) is 25.1 Å². The SMILES string of the molecule is CCc1nc(N2CCOCC2)nc(N2CCC(C(=O)NCc3ccccc3C(F)(F)F)CC2)n1. The van der Waals surface area contributed by atoms with Crippen LogP contribution in [0, 0.1) is 5.92 Å². The van der Waals surface area contributed by atoms with Gasteiger partial charge in [-0.1, -0.05) is 25.1 Å². The lowest BCUT2D eigenvalue weighted by molar-refractivity contribution is -0.138. The van der Waals surface area contributed by atoms with Crippen LogP contribution in [0.15, 0.2) is 24.3 Å². The lowest BCUT2D eigenvalue weighted by Crippen LogP contribution is -2.42. The number of amides is 1. The standard InChI is InChI=1S/C23H29F3N6O2/c1-2-19-28-21(30-22(29-19)32-11-13-34-14-12-32)31-9-7-16(8-10-31)20(33)27-15-17-5-3-4-6-18(17)23(24,25)26/h3-6,16H,2,7-15H2,1H3,(H,27,33).